The maximum absolute atomic E-state index is 12.4. The average Bonchev–Trinajstić information content (AvgIpc) is 3.09. The van der Waals surface area contributed by atoms with E-state index in [1.807, 2.05) is 25.1 Å². The van der Waals surface area contributed by atoms with Gasteiger partial charge in [-0.15, -0.1) is 0 Å². The zero-order valence-electron chi connectivity index (χ0n) is 15.6. The molecule has 0 radical (unpaired) electrons. The molecule has 2 aromatic carbocycles. The predicted octanol–water partition coefficient (Wildman–Crippen LogP) is 2.56. The van der Waals surface area contributed by atoms with E-state index in [2.05, 4.69) is 33.0 Å². The molecule has 1 saturated heterocycles. The lowest BCUT2D eigenvalue weighted by Gasteiger charge is -2.17. The van der Waals surface area contributed by atoms with Crippen molar-refractivity contribution in [3.8, 4) is 0 Å². The normalized spacial score (nSPS) is 16.7. The summed E-state index contributed by atoms with van der Waals surface area (Å²) in [5.74, 6) is -0.202. The standard InChI is InChI=1S/C21H26N4O2/c1-2-22-21(27)16-7-6-10-18(13-16)24-20(26)15-25-12-11-19(14-25)23-17-8-4-3-5-9-17/h3-10,13,19,23H,2,11-12,14-15H2,1H3,(H,22,27)(H,24,26). The van der Waals surface area contributed by atoms with Crippen LogP contribution >= 0.6 is 0 Å². The van der Waals surface area contributed by atoms with Crippen LogP contribution in [0, 0.1) is 0 Å². The molecule has 0 saturated carbocycles. The lowest BCUT2D eigenvalue weighted by Crippen LogP contribution is -2.33. The van der Waals surface area contributed by atoms with Crippen molar-refractivity contribution in [2.75, 3.05) is 36.8 Å². The van der Waals surface area contributed by atoms with Crippen molar-refractivity contribution < 1.29 is 9.59 Å². The van der Waals surface area contributed by atoms with Gasteiger partial charge in [0.15, 0.2) is 0 Å². The Bertz CT molecular complexity index is 779. The predicted molar refractivity (Wildman–Crippen MR) is 108 cm³/mol. The van der Waals surface area contributed by atoms with Crippen LogP contribution in [0.4, 0.5) is 11.4 Å². The molecule has 0 aromatic heterocycles. The molecule has 0 bridgehead atoms. The summed E-state index contributed by atoms with van der Waals surface area (Å²) in [4.78, 5) is 26.4. The minimum atomic E-state index is -0.136. The first-order chi connectivity index (χ1) is 13.1. The molecule has 0 spiro atoms. The molecule has 1 heterocycles. The number of benzene rings is 2. The highest BCUT2D eigenvalue weighted by Crippen LogP contribution is 2.16. The fourth-order valence-corrected chi connectivity index (χ4v) is 3.27. The Kier molecular flexibility index (Phi) is 6.44. The molecular weight excluding hydrogens is 340 g/mol. The van der Waals surface area contributed by atoms with Crippen LogP contribution in [0.5, 0.6) is 0 Å². The summed E-state index contributed by atoms with van der Waals surface area (Å²) in [5, 5.41) is 9.16. The molecule has 142 valence electrons. The third-order valence-electron chi connectivity index (χ3n) is 4.53. The lowest BCUT2D eigenvalue weighted by atomic mass is 10.2. The van der Waals surface area contributed by atoms with E-state index in [0.29, 0.717) is 30.4 Å². The van der Waals surface area contributed by atoms with E-state index in [-0.39, 0.29) is 11.8 Å². The number of hydrogen-bond acceptors (Lipinski definition) is 4. The molecule has 1 fully saturated rings. The van der Waals surface area contributed by atoms with Crippen LogP contribution in [0.1, 0.15) is 23.7 Å². The fraction of sp³-hybridized carbons (Fsp3) is 0.333. The van der Waals surface area contributed by atoms with Gasteiger partial charge in [0.2, 0.25) is 5.91 Å². The van der Waals surface area contributed by atoms with Crippen molar-refractivity contribution in [2.45, 2.75) is 19.4 Å². The second-order valence-electron chi connectivity index (χ2n) is 6.72. The Morgan fingerprint density at radius 1 is 1.07 bits per heavy atom. The first-order valence-electron chi connectivity index (χ1n) is 9.36. The van der Waals surface area contributed by atoms with Crippen LogP contribution in [0.2, 0.25) is 0 Å². The largest absolute Gasteiger partial charge is 0.381 e. The molecule has 6 heteroatoms. The van der Waals surface area contributed by atoms with Gasteiger partial charge in [0, 0.05) is 42.6 Å². The molecule has 1 aliphatic heterocycles. The highest BCUT2D eigenvalue weighted by atomic mass is 16.2. The van der Waals surface area contributed by atoms with Gasteiger partial charge in [0.25, 0.3) is 5.91 Å². The second kappa shape index (κ2) is 9.19. The molecule has 1 aliphatic rings. The summed E-state index contributed by atoms with van der Waals surface area (Å²) in [6.45, 7) is 4.51. The third kappa shape index (κ3) is 5.56. The zero-order chi connectivity index (χ0) is 19.1. The molecule has 27 heavy (non-hydrogen) atoms. The smallest absolute Gasteiger partial charge is 0.251 e. The number of carbonyl (C=O) groups is 2. The van der Waals surface area contributed by atoms with Gasteiger partial charge in [0.1, 0.15) is 0 Å². The second-order valence-corrected chi connectivity index (χ2v) is 6.72. The van der Waals surface area contributed by atoms with E-state index in [0.717, 1.165) is 25.2 Å². The Balaban J connectivity index is 1.48. The van der Waals surface area contributed by atoms with Crippen LogP contribution in [-0.2, 0) is 4.79 Å². The minimum absolute atomic E-state index is 0.0663. The fourth-order valence-electron chi connectivity index (χ4n) is 3.27. The van der Waals surface area contributed by atoms with Gasteiger partial charge in [-0.1, -0.05) is 24.3 Å². The third-order valence-corrected chi connectivity index (χ3v) is 4.53. The Morgan fingerprint density at radius 3 is 2.63 bits per heavy atom. The summed E-state index contributed by atoms with van der Waals surface area (Å²) < 4.78 is 0. The van der Waals surface area contributed by atoms with Crippen LogP contribution in [-0.4, -0.2) is 48.9 Å². The number of hydrogen-bond donors (Lipinski definition) is 3. The number of rotatable bonds is 7. The summed E-state index contributed by atoms with van der Waals surface area (Å²) in [5.41, 5.74) is 2.29. The van der Waals surface area contributed by atoms with Crippen molar-refractivity contribution in [1.29, 1.82) is 0 Å². The first kappa shape index (κ1) is 18.9. The Labute approximate surface area is 159 Å². The number of anilines is 2. The van der Waals surface area contributed by atoms with Crippen LogP contribution in [0.15, 0.2) is 54.6 Å². The molecule has 3 N–H and O–H groups in total. The van der Waals surface area contributed by atoms with E-state index in [4.69, 9.17) is 0 Å². The number of nitrogens with zero attached hydrogens (tertiary/aromatic N) is 1. The number of amides is 2. The van der Waals surface area contributed by atoms with E-state index >= 15 is 0 Å². The van der Waals surface area contributed by atoms with Gasteiger partial charge in [-0.05, 0) is 43.7 Å². The van der Waals surface area contributed by atoms with Gasteiger partial charge in [-0.25, -0.2) is 0 Å². The lowest BCUT2D eigenvalue weighted by molar-refractivity contribution is -0.117. The minimum Gasteiger partial charge on any atom is -0.381 e. The van der Waals surface area contributed by atoms with E-state index in [1.54, 1.807) is 24.3 Å². The highest BCUT2D eigenvalue weighted by Gasteiger charge is 2.24. The SMILES string of the molecule is CCNC(=O)c1cccc(NC(=O)CN2CCC(Nc3ccccc3)C2)c1. The number of carbonyl (C=O) groups excluding carboxylic acids is 2. The summed E-state index contributed by atoms with van der Waals surface area (Å²) >= 11 is 0. The number of para-hydroxylation sites is 1. The van der Waals surface area contributed by atoms with Gasteiger partial charge >= 0.3 is 0 Å². The van der Waals surface area contributed by atoms with E-state index < -0.39 is 0 Å². The van der Waals surface area contributed by atoms with Gasteiger partial charge in [-0.2, -0.15) is 0 Å². The van der Waals surface area contributed by atoms with Gasteiger partial charge in [0.05, 0.1) is 6.54 Å². The molecule has 1 atom stereocenters. The van der Waals surface area contributed by atoms with Gasteiger partial charge in [-0.3, -0.25) is 14.5 Å². The molecule has 2 amide bonds. The zero-order valence-corrected chi connectivity index (χ0v) is 15.6. The first-order valence-corrected chi connectivity index (χ1v) is 9.36. The topological polar surface area (TPSA) is 73.5 Å². The summed E-state index contributed by atoms with van der Waals surface area (Å²) in [7, 11) is 0. The molecule has 2 aromatic rings. The Hall–Kier alpha value is -2.86. The van der Waals surface area contributed by atoms with Gasteiger partial charge < -0.3 is 16.0 Å². The molecular formula is C21H26N4O2. The quantitative estimate of drug-likeness (QED) is 0.704. The summed E-state index contributed by atoms with van der Waals surface area (Å²) in [6.07, 6.45) is 1.01. The summed E-state index contributed by atoms with van der Waals surface area (Å²) in [6, 6.07) is 17.5. The van der Waals surface area contributed by atoms with Crippen molar-refractivity contribution in [1.82, 2.24) is 10.2 Å². The van der Waals surface area contributed by atoms with Crippen molar-refractivity contribution >= 4 is 23.2 Å². The number of likely N-dealkylation sites (tertiary alicyclic amines) is 1. The number of nitrogens with one attached hydrogen (secondary N) is 3. The molecule has 1 unspecified atom stereocenters. The maximum Gasteiger partial charge on any atom is 0.251 e. The van der Waals surface area contributed by atoms with Crippen molar-refractivity contribution in [2.24, 2.45) is 0 Å². The van der Waals surface area contributed by atoms with Crippen molar-refractivity contribution in [3.63, 3.8) is 0 Å². The molecule has 3 rings (SSSR count). The Morgan fingerprint density at radius 2 is 1.85 bits per heavy atom. The van der Waals surface area contributed by atoms with E-state index in [1.165, 1.54) is 0 Å². The average molecular weight is 366 g/mol. The molecule has 0 aliphatic carbocycles. The van der Waals surface area contributed by atoms with Crippen LogP contribution in [0.3, 0.4) is 0 Å². The highest BCUT2D eigenvalue weighted by molar-refractivity contribution is 5.97. The van der Waals surface area contributed by atoms with Crippen LogP contribution < -0.4 is 16.0 Å². The van der Waals surface area contributed by atoms with Crippen LogP contribution in [0.25, 0.3) is 0 Å². The monoisotopic (exact) mass is 366 g/mol. The van der Waals surface area contributed by atoms with E-state index in [9.17, 15) is 9.59 Å². The van der Waals surface area contributed by atoms with Crippen molar-refractivity contribution in [3.05, 3.63) is 60.2 Å². The maximum atomic E-state index is 12.4. The molecule has 6 nitrogen and oxygen atoms in total.